The first-order chi connectivity index (χ1) is 9.95. The Hall–Kier alpha value is -1.91. The molecule has 3 N–H and O–H groups in total. The molecule has 2 aromatic rings. The highest BCUT2D eigenvalue weighted by Crippen LogP contribution is 2.26. The number of halogens is 2. The summed E-state index contributed by atoms with van der Waals surface area (Å²) in [5, 5.41) is 3.48. The van der Waals surface area contributed by atoms with Gasteiger partial charge in [0.15, 0.2) is 6.61 Å². The molecular formula is C15H14Cl2N2O2. The lowest BCUT2D eigenvalue weighted by atomic mass is 10.2. The van der Waals surface area contributed by atoms with E-state index in [0.717, 1.165) is 5.56 Å². The summed E-state index contributed by atoms with van der Waals surface area (Å²) in [4.78, 5) is 11.9. The van der Waals surface area contributed by atoms with Crippen LogP contribution in [0.5, 0.6) is 5.75 Å². The van der Waals surface area contributed by atoms with E-state index >= 15 is 0 Å². The molecule has 0 unspecified atom stereocenters. The number of ether oxygens (including phenoxy) is 1. The molecule has 0 bridgehead atoms. The Bertz CT molecular complexity index is 675. The normalized spacial score (nSPS) is 10.2. The Morgan fingerprint density at radius 3 is 2.67 bits per heavy atom. The molecular weight excluding hydrogens is 311 g/mol. The minimum atomic E-state index is -0.334. The molecule has 0 fully saturated rings. The summed E-state index contributed by atoms with van der Waals surface area (Å²) in [5.74, 6) is 0.134. The van der Waals surface area contributed by atoms with Crippen molar-refractivity contribution < 1.29 is 9.53 Å². The smallest absolute Gasteiger partial charge is 0.262 e. The van der Waals surface area contributed by atoms with Crippen molar-refractivity contribution >= 4 is 40.5 Å². The molecule has 6 heteroatoms. The number of nitrogens with one attached hydrogen (secondary N) is 1. The highest BCUT2D eigenvalue weighted by molar-refractivity contribution is 6.34. The minimum Gasteiger partial charge on any atom is -0.482 e. The zero-order valence-corrected chi connectivity index (χ0v) is 12.8. The maximum Gasteiger partial charge on any atom is 0.262 e. The number of anilines is 2. The molecule has 1 amide bonds. The van der Waals surface area contributed by atoms with Gasteiger partial charge >= 0.3 is 0 Å². The van der Waals surface area contributed by atoms with E-state index in [2.05, 4.69) is 5.32 Å². The molecule has 0 aromatic heterocycles. The Morgan fingerprint density at radius 2 is 1.95 bits per heavy atom. The van der Waals surface area contributed by atoms with Gasteiger partial charge in [-0.3, -0.25) is 4.79 Å². The van der Waals surface area contributed by atoms with E-state index < -0.39 is 0 Å². The standard InChI is InChI=1S/C15H14Cl2N2O2/c1-9-2-4-11(16)14(6-9)21-8-15(20)19-13-5-3-10(18)7-12(13)17/h2-7H,8,18H2,1H3,(H,19,20). The molecule has 0 heterocycles. The molecule has 2 aromatic carbocycles. The molecule has 110 valence electrons. The van der Waals surface area contributed by atoms with Crippen LogP contribution in [-0.4, -0.2) is 12.5 Å². The number of carbonyl (C=O) groups excluding carboxylic acids is 1. The van der Waals surface area contributed by atoms with Crippen LogP contribution in [0.3, 0.4) is 0 Å². The molecule has 0 aliphatic rings. The van der Waals surface area contributed by atoms with Crippen molar-refractivity contribution in [1.29, 1.82) is 0 Å². The van der Waals surface area contributed by atoms with Crippen LogP contribution in [0.25, 0.3) is 0 Å². The second kappa shape index (κ2) is 6.70. The van der Waals surface area contributed by atoms with Crippen LogP contribution in [0.15, 0.2) is 36.4 Å². The fraction of sp³-hybridized carbons (Fsp3) is 0.133. The number of hydrogen-bond acceptors (Lipinski definition) is 3. The third-order valence-electron chi connectivity index (χ3n) is 2.71. The van der Waals surface area contributed by atoms with Crippen molar-refractivity contribution in [3.63, 3.8) is 0 Å². The lowest BCUT2D eigenvalue weighted by Gasteiger charge is -2.10. The maximum atomic E-state index is 11.9. The van der Waals surface area contributed by atoms with Gasteiger partial charge in [0.1, 0.15) is 5.75 Å². The van der Waals surface area contributed by atoms with E-state index in [0.29, 0.717) is 27.2 Å². The van der Waals surface area contributed by atoms with Gasteiger partial charge in [-0.1, -0.05) is 29.3 Å². The van der Waals surface area contributed by atoms with Crippen molar-refractivity contribution in [3.05, 3.63) is 52.0 Å². The highest BCUT2D eigenvalue weighted by Gasteiger charge is 2.09. The number of amides is 1. The van der Waals surface area contributed by atoms with E-state index in [1.165, 1.54) is 0 Å². The third kappa shape index (κ3) is 4.28. The fourth-order valence-corrected chi connectivity index (χ4v) is 2.09. The Morgan fingerprint density at radius 1 is 1.19 bits per heavy atom. The summed E-state index contributed by atoms with van der Waals surface area (Å²) >= 11 is 12.0. The first-order valence-electron chi connectivity index (χ1n) is 6.19. The molecule has 0 radical (unpaired) electrons. The average Bonchev–Trinajstić information content (AvgIpc) is 2.43. The van der Waals surface area contributed by atoms with Crippen molar-refractivity contribution in [2.45, 2.75) is 6.92 Å². The molecule has 21 heavy (non-hydrogen) atoms. The minimum absolute atomic E-state index is 0.163. The van der Waals surface area contributed by atoms with Gasteiger partial charge in [-0.05, 0) is 42.8 Å². The first-order valence-corrected chi connectivity index (χ1v) is 6.95. The lowest BCUT2D eigenvalue weighted by molar-refractivity contribution is -0.118. The molecule has 0 aliphatic carbocycles. The summed E-state index contributed by atoms with van der Waals surface area (Å²) in [6.07, 6.45) is 0. The van der Waals surface area contributed by atoms with Gasteiger partial charge in [0.05, 0.1) is 15.7 Å². The monoisotopic (exact) mass is 324 g/mol. The molecule has 0 atom stereocenters. The van der Waals surface area contributed by atoms with Gasteiger partial charge in [0, 0.05) is 5.69 Å². The number of nitrogens with two attached hydrogens (primary N) is 1. The van der Waals surface area contributed by atoms with E-state index in [1.54, 1.807) is 30.3 Å². The van der Waals surface area contributed by atoms with E-state index in [1.807, 2.05) is 13.0 Å². The topological polar surface area (TPSA) is 64.3 Å². The number of benzene rings is 2. The third-order valence-corrected chi connectivity index (χ3v) is 3.34. The number of aryl methyl sites for hydroxylation is 1. The van der Waals surface area contributed by atoms with Crippen molar-refractivity contribution in [2.24, 2.45) is 0 Å². The zero-order valence-electron chi connectivity index (χ0n) is 11.3. The summed E-state index contributed by atoms with van der Waals surface area (Å²) < 4.78 is 5.40. The average molecular weight is 325 g/mol. The summed E-state index contributed by atoms with van der Waals surface area (Å²) in [6, 6.07) is 10.2. The second-order valence-corrected chi connectivity index (χ2v) is 5.32. The van der Waals surface area contributed by atoms with Crippen molar-refractivity contribution in [1.82, 2.24) is 0 Å². The predicted octanol–water partition coefficient (Wildman–Crippen LogP) is 3.90. The van der Waals surface area contributed by atoms with Crippen LogP contribution >= 0.6 is 23.2 Å². The fourth-order valence-electron chi connectivity index (χ4n) is 1.68. The van der Waals surface area contributed by atoms with Gasteiger partial charge in [0.2, 0.25) is 0 Å². The Balaban J connectivity index is 1.97. The van der Waals surface area contributed by atoms with Crippen LogP contribution < -0.4 is 15.8 Å². The van der Waals surface area contributed by atoms with Crippen LogP contribution in [0.1, 0.15) is 5.56 Å². The molecule has 0 saturated carbocycles. The Labute approximate surface area is 132 Å². The van der Waals surface area contributed by atoms with Crippen molar-refractivity contribution in [3.8, 4) is 5.75 Å². The van der Waals surface area contributed by atoms with Crippen LogP contribution in [0, 0.1) is 6.92 Å². The lowest BCUT2D eigenvalue weighted by Crippen LogP contribution is -2.20. The summed E-state index contributed by atoms with van der Waals surface area (Å²) in [6.45, 7) is 1.75. The number of hydrogen-bond donors (Lipinski definition) is 2. The second-order valence-electron chi connectivity index (χ2n) is 4.51. The summed E-state index contributed by atoms with van der Waals surface area (Å²) in [7, 11) is 0. The van der Waals surface area contributed by atoms with Crippen LogP contribution in [0.2, 0.25) is 10.0 Å². The first kappa shape index (κ1) is 15.5. The quantitative estimate of drug-likeness (QED) is 0.838. The number of carbonyl (C=O) groups is 1. The van der Waals surface area contributed by atoms with Gasteiger partial charge < -0.3 is 15.8 Å². The van der Waals surface area contributed by atoms with Crippen LogP contribution in [0.4, 0.5) is 11.4 Å². The van der Waals surface area contributed by atoms with Gasteiger partial charge in [0.25, 0.3) is 5.91 Å². The van der Waals surface area contributed by atoms with Gasteiger partial charge in [-0.15, -0.1) is 0 Å². The molecule has 0 aliphatic heterocycles. The largest absolute Gasteiger partial charge is 0.482 e. The zero-order chi connectivity index (χ0) is 15.4. The molecule has 4 nitrogen and oxygen atoms in total. The number of nitrogen functional groups attached to an aromatic ring is 1. The van der Waals surface area contributed by atoms with Gasteiger partial charge in [-0.25, -0.2) is 0 Å². The maximum absolute atomic E-state index is 11.9. The van der Waals surface area contributed by atoms with Crippen LogP contribution in [-0.2, 0) is 4.79 Å². The molecule has 0 saturated heterocycles. The Kier molecular flexibility index (Phi) is 4.94. The van der Waals surface area contributed by atoms with E-state index in [9.17, 15) is 4.79 Å². The van der Waals surface area contributed by atoms with E-state index in [-0.39, 0.29) is 12.5 Å². The van der Waals surface area contributed by atoms with E-state index in [4.69, 9.17) is 33.7 Å². The molecule has 0 spiro atoms. The van der Waals surface area contributed by atoms with Gasteiger partial charge in [-0.2, -0.15) is 0 Å². The SMILES string of the molecule is Cc1ccc(Cl)c(OCC(=O)Nc2ccc(N)cc2Cl)c1. The van der Waals surface area contributed by atoms with Crippen molar-refractivity contribution in [2.75, 3.05) is 17.7 Å². The highest BCUT2D eigenvalue weighted by atomic mass is 35.5. The summed E-state index contributed by atoms with van der Waals surface area (Å²) in [5.41, 5.74) is 7.59. The number of rotatable bonds is 4. The molecule has 2 rings (SSSR count). The predicted molar refractivity (Wildman–Crippen MR) is 86.2 cm³/mol.